The van der Waals surface area contributed by atoms with E-state index in [0.29, 0.717) is 6.61 Å². The number of benzene rings is 1. The molecule has 22 heavy (non-hydrogen) atoms. The fourth-order valence-electron chi connectivity index (χ4n) is 2.61. The van der Waals surface area contributed by atoms with Gasteiger partial charge in [-0.25, -0.2) is 0 Å². The fourth-order valence-corrected chi connectivity index (χ4v) is 2.61. The van der Waals surface area contributed by atoms with Gasteiger partial charge >= 0.3 is 5.97 Å². The first-order valence-corrected chi connectivity index (χ1v) is 7.98. The lowest BCUT2D eigenvalue weighted by Crippen LogP contribution is -2.61. The van der Waals surface area contributed by atoms with Gasteiger partial charge in [-0.2, -0.15) is 0 Å². The predicted octanol–water partition coefficient (Wildman–Crippen LogP) is 2.44. The number of carbonyl (C=O) groups is 1. The molecule has 4 nitrogen and oxygen atoms in total. The molecule has 0 bridgehead atoms. The quantitative estimate of drug-likeness (QED) is 0.868. The van der Waals surface area contributed by atoms with Crippen LogP contribution in [0.4, 0.5) is 0 Å². The number of nitrogens with zero attached hydrogens (tertiary/aromatic N) is 1. The van der Waals surface area contributed by atoms with E-state index in [4.69, 9.17) is 4.74 Å². The zero-order valence-corrected chi connectivity index (χ0v) is 14.2. The number of ether oxygens (including phenoxy) is 1. The standard InChI is InChI=1S/C18H28N2O2/c1-17(2,3)16(21)22-14-18(4)13-19-10-11-20(18)12-15-8-6-5-7-9-15/h5-9,19H,10-14H2,1-4H3. The van der Waals surface area contributed by atoms with Crippen LogP contribution in [0.25, 0.3) is 0 Å². The molecule has 0 spiro atoms. The van der Waals surface area contributed by atoms with Gasteiger partial charge in [0.1, 0.15) is 6.61 Å². The Kier molecular flexibility index (Phi) is 5.24. The van der Waals surface area contributed by atoms with Crippen LogP contribution in [0.5, 0.6) is 0 Å². The minimum Gasteiger partial charge on any atom is -0.463 e. The first-order valence-electron chi connectivity index (χ1n) is 7.98. The zero-order valence-electron chi connectivity index (χ0n) is 14.2. The Morgan fingerprint density at radius 1 is 1.32 bits per heavy atom. The number of piperazine rings is 1. The Bertz CT molecular complexity index is 496. The average Bonchev–Trinajstić information content (AvgIpc) is 2.47. The van der Waals surface area contributed by atoms with Gasteiger partial charge in [0, 0.05) is 26.2 Å². The molecule has 1 aromatic rings. The second kappa shape index (κ2) is 6.80. The highest BCUT2D eigenvalue weighted by molar-refractivity contribution is 5.75. The maximum atomic E-state index is 12.1. The molecule has 1 N–H and O–H groups in total. The molecule has 1 aliphatic rings. The van der Waals surface area contributed by atoms with Crippen molar-refractivity contribution < 1.29 is 9.53 Å². The second-order valence-electron chi connectivity index (χ2n) is 7.41. The molecule has 0 radical (unpaired) electrons. The lowest BCUT2D eigenvalue weighted by molar-refractivity contribution is -0.158. The number of hydrogen-bond donors (Lipinski definition) is 1. The van der Waals surface area contributed by atoms with Crippen molar-refractivity contribution in [3.8, 4) is 0 Å². The van der Waals surface area contributed by atoms with E-state index in [-0.39, 0.29) is 11.5 Å². The van der Waals surface area contributed by atoms with Crippen molar-refractivity contribution in [1.29, 1.82) is 0 Å². The van der Waals surface area contributed by atoms with E-state index >= 15 is 0 Å². The number of hydrogen-bond acceptors (Lipinski definition) is 4. The number of carbonyl (C=O) groups excluding carboxylic acids is 1. The summed E-state index contributed by atoms with van der Waals surface area (Å²) < 4.78 is 5.60. The summed E-state index contributed by atoms with van der Waals surface area (Å²) in [5.74, 6) is -0.140. The van der Waals surface area contributed by atoms with Crippen LogP contribution >= 0.6 is 0 Å². The van der Waals surface area contributed by atoms with Crippen LogP contribution in [-0.2, 0) is 16.1 Å². The second-order valence-corrected chi connectivity index (χ2v) is 7.41. The largest absolute Gasteiger partial charge is 0.463 e. The van der Waals surface area contributed by atoms with Gasteiger partial charge < -0.3 is 10.1 Å². The molecule has 0 aromatic heterocycles. The molecule has 1 aromatic carbocycles. The summed E-state index contributed by atoms with van der Waals surface area (Å²) >= 11 is 0. The van der Waals surface area contributed by atoms with Crippen LogP contribution in [0, 0.1) is 5.41 Å². The molecule has 0 saturated carbocycles. The van der Waals surface area contributed by atoms with Crippen LogP contribution in [0.1, 0.15) is 33.3 Å². The molecule has 1 unspecified atom stereocenters. The summed E-state index contributed by atoms with van der Waals surface area (Å²) in [6.45, 7) is 11.9. The summed E-state index contributed by atoms with van der Waals surface area (Å²) in [5.41, 5.74) is 0.662. The van der Waals surface area contributed by atoms with E-state index in [9.17, 15) is 4.79 Å². The van der Waals surface area contributed by atoms with E-state index in [0.717, 1.165) is 26.2 Å². The van der Waals surface area contributed by atoms with Gasteiger partial charge in [-0.3, -0.25) is 9.69 Å². The molecule has 2 rings (SSSR count). The highest BCUT2D eigenvalue weighted by Crippen LogP contribution is 2.23. The lowest BCUT2D eigenvalue weighted by Gasteiger charge is -2.45. The van der Waals surface area contributed by atoms with Gasteiger partial charge in [-0.05, 0) is 33.3 Å². The Morgan fingerprint density at radius 3 is 2.64 bits per heavy atom. The van der Waals surface area contributed by atoms with Crippen LogP contribution < -0.4 is 5.32 Å². The van der Waals surface area contributed by atoms with Gasteiger partial charge in [0.15, 0.2) is 0 Å². The van der Waals surface area contributed by atoms with Crippen molar-refractivity contribution >= 4 is 5.97 Å². The monoisotopic (exact) mass is 304 g/mol. The maximum Gasteiger partial charge on any atom is 0.311 e. The smallest absolute Gasteiger partial charge is 0.311 e. The SMILES string of the molecule is CC(C)(C)C(=O)OCC1(C)CNCCN1Cc1ccccc1. The molecular weight excluding hydrogens is 276 g/mol. The van der Waals surface area contributed by atoms with Crippen molar-refractivity contribution in [1.82, 2.24) is 10.2 Å². The number of esters is 1. The molecule has 1 aliphatic heterocycles. The first kappa shape index (κ1) is 17.0. The minimum absolute atomic E-state index is 0.140. The average molecular weight is 304 g/mol. The van der Waals surface area contributed by atoms with Crippen molar-refractivity contribution in [2.45, 2.75) is 39.8 Å². The van der Waals surface area contributed by atoms with Crippen LogP contribution in [0.2, 0.25) is 0 Å². The molecule has 1 atom stereocenters. The van der Waals surface area contributed by atoms with Crippen molar-refractivity contribution in [2.24, 2.45) is 5.41 Å². The molecule has 1 fully saturated rings. The van der Waals surface area contributed by atoms with Crippen LogP contribution in [0.15, 0.2) is 30.3 Å². The minimum atomic E-state index is -0.456. The topological polar surface area (TPSA) is 41.6 Å². The van der Waals surface area contributed by atoms with E-state index < -0.39 is 5.41 Å². The molecule has 122 valence electrons. The fraction of sp³-hybridized carbons (Fsp3) is 0.611. The predicted molar refractivity (Wildman–Crippen MR) is 88.5 cm³/mol. The molecule has 1 heterocycles. The van der Waals surface area contributed by atoms with E-state index in [1.54, 1.807) is 0 Å². The van der Waals surface area contributed by atoms with E-state index in [2.05, 4.69) is 41.4 Å². The third-order valence-electron chi connectivity index (χ3n) is 4.17. The highest BCUT2D eigenvalue weighted by atomic mass is 16.5. The van der Waals surface area contributed by atoms with Crippen LogP contribution in [-0.4, -0.2) is 42.6 Å². The zero-order chi connectivity index (χ0) is 16.2. The highest BCUT2D eigenvalue weighted by Gasteiger charge is 2.36. The summed E-state index contributed by atoms with van der Waals surface area (Å²) in [4.78, 5) is 14.5. The van der Waals surface area contributed by atoms with Gasteiger partial charge in [-0.15, -0.1) is 0 Å². The summed E-state index contributed by atoms with van der Waals surface area (Å²) in [6, 6.07) is 10.4. The summed E-state index contributed by atoms with van der Waals surface area (Å²) in [5, 5.41) is 3.42. The summed E-state index contributed by atoms with van der Waals surface area (Å²) in [6.07, 6.45) is 0. The Balaban J connectivity index is 2.03. The lowest BCUT2D eigenvalue weighted by atomic mass is 9.95. The van der Waals surface area contributed by atoms with E-state index in [1.165, 1.54) is 5.56 Å². The van der Waals surface area contributed by atoms with Crippen LogP contribution in [0.3, 0.4) is 0 Å². The Labute approximate surface area is 133 Å². The van der Waals surface area contributed by atoms with Gasteiger partial charge in [0.05, 0.1) is 11.0 Å². The molecular formula is C18H28N2O2. The molecule has 1 saturated heterocycles. The maximum absolute atomic E-state index is 12.1. The van der Waals surface area contributed by atoms with Crippen molar-refractivity contribution in [3.63, 3.8) is 0 Å². The van der Waals surface area contributed by atoms with Crippen molar-refractivity contribution in [3.05, 3.63) is 35.9 Å². The molecule has 4 heteroatoms. The first-order chi connectivity index (χ1) is 10.3. The Morgan fingerprint density at radius 2 is 2.00 bits per heavy atom. The van der Waals surface area contributed by atoms with Crippen molar-refractivity contribution in [2.75, 3.05) is 26.2 Å². The Hall–Kier alpha value is -1.39. The van der Waals surface area contributed by atoms with E-state index in [1.807, 2.05) is 26.8 Å². The normalized spacial score (nSPS) is 23.3. The molecule has 0 aliphatic carbocycles. The van der Waals surface area contributed by atoms with Gasteiger partial charge in [0.25, 0.3) is 0 Å². The summed E-state index contributed by atoms with van der Waals surface area (Å²) in [7, 11) is 0. The van der Waals surface area contributed by atoms with Gasteiger partial charge in [0.2, 0.25) is 0 Å². The molecule has 0 amide bonds. The third kappa shape index (κ3) is 4.31. The third-order valence-corrected chi connectivity index (χ3v) is 4.17. The van der Waals surface area contributed by atoms with Gasteiger partial charge in [-0.1, -0.05) is 30.3 Å². The number of rotatable bonds is 4. The number of nitrogens with one attached hydrogen (secondary N) is 1.